The molecule has 0 saturated carbocycles. The molecule has 0 radical (unpaired) electrons. The highest BCUT2D eigenvalue weighted by molar-refractivity contribution is 7.10. The number of hydrogen-bond donors (Lipinski definition) is 0. The Morgan fingerprint density at radius 1 is 1.13 bits per heavy atom. The van der Waals surface area contributed by atoms with Crippen molar-refractivity contribution in [2.24, 2.45) is 0 Å². The standard InChI is InChI=1S/C13H12OS/c1-2-5-11-10(4-1)7-8-14-13(11)12-6-3-9-15-12/h1-6,9,13H,7-8H2. The van der Waals surface area contributed by atoms with E-state index in [0.29, 0.717) is 0 Å². The normalized spacial score (nSPS) is 19.9. The second kappa shape index (κ2) is 3.80. The highest BCUT2D eigenvalue weighted by Gasteiger charge is 2.22. The zero-order valence-corrected chi connectivity index (χ0v) is 9.17. The Hall–Kier alpha value is -1.12. The van der Waals surface area contributed by atoms with Crippen LogP contribution in [0.2, 0.25) is 0 Å². The third-order valence-corrected chi connectivity index (χ3v) is 3.71. The zero-order chi connectivity index (χ0) is 10.1. The highest BCUT2D eigenvalue weighted by Crippen LogP contribution is 2.34. The molecule has 1 aliphatic rings. The fraction of sp³-hybridized carbons (Fsp3) is 0.231. The van der Waals surface area contributed by atoms with Crippen molar-refractivity contribution in [3.63, 3.8) is 0 Å². The van der Waals surface area contributed by atoms with Crippen molar-refractivity contribution in [1.29, 1.82) is 0 Å². The molecule has 2 heteroatoms. The quantitative estimate of drug-likeness (QED) is 0.709. The van der Waals surface area contributed by atoms with Crippen LogP contribution in [0.15, 0.2) is 41.8 Å². The van der Waals surface area contributed by atoms with Gasteiger partial charge >= 0.3 is 0 Å². The molecule has 1 unspecified atom stereocenters. The SMILES string of the molecule is c1csc(C2OCCc3ccccc32)c1. The number of thiophene rings is 1. The Morgan fingerprint density at radius 3 is 2.93 bits per heavy atom. The second-order valence-electron chi connectivity index (χ2n) is 3.72. The van der Waals surface area contributed by atoms with E-state index in [0.717, 1.165) is 13.0 Å². The summed E-state index contributed by atoms with van der Waals surface area (Å²) in [4.78, 5) is 1.31. The van der Waals surface area contributed by atoms with Gasteiger partial charge in [0.2, 0.25) is 0 Å². The van der Waals surface area contributed by atoms with E-state index in [2.05, 4.69) is 41.8 Å². The Labute approximate surface area is 93.3 Å². The first-order valence-corrected chi connectivity index (χ1v) is 6.06. The second-order valence-corrected chi connectivity index (χ2v) is 4.69. The smallest absolute Gasteiger partial charge is 0.117 e. The molecule has 0 fully saturated rings. The molecular formula is C13H12OS. The maximum atomic E-state index is 5.86. The monoisotopic (exact) mass is 216 g/mol. The number of fused-ring (bicyclic) bond motifs is 1. The summed E-state index contributed by atoms with van der Waals surface area (Å²) in [5.41, 5.74) is 2.77. The topological polar surface area (TPSA) is 9.23 Å². The molecule has 3 rings (SSSR count). The summed E-state index contributed by atoms with van der Waals surface area (Å²) in [6.45, 7) is 0.833. The van der Waals surface area contributed by atoms with Crippen molar-refractivity contribution < 1.29 is 4.74 Å². The van der Waals surface area contributed by atoms with Crippen molar-refractivity contribution in [1.82, 2.24) is 0 Å². The van der Waals surface area contributed by atoms with Crippen LogP contribution in [0.4, 0.5) is 0 Å². The minimum atomic E-state index is 0.162. The fourth-order valence-electron chi connectivity index (χ4n) is 2.07. The molecule has 0 spiro atoms. The Bertz CT molecular complexity index is 447. The van der Waals surface area contributed by atoms with Gasteiger partial charge in [0.05, 0.1) is 6.61 Å². The van der Waals surface area contributed by atoms with Gasteiger partial charge in [-0.3, -0.25) is 0 Å². The molecule has 0 aliphatic carbocycles. The van der Waals surface area contributed by atoms with Crippen LogP contribution in [0.1, 0.15) is 22.1 Å². The van der Waals surface area contributed by atoms with Crippen LogP contribution in [-0.2, 0) is 11.2 Å². The summed E-state index contributed by atoms with van der Waals surface area (Å²) in [5, 5.41) is 2.11. The van der Waals surface area contributed by atoms with E-state index in [4.69, 9.17) is 4.74 Å². The summed E-state index contributed by atoms with van der Waals surface area (Å²) in [6, 6.07) is 12.8. The molecule has 76 valence electrons. The number of hydrogen-bond acceptors (Lipinski definition) is 2. The van der Waals surface area contributed by atoms with Gasteiger partial charge in [-0.2, -0.15) is 0 Å². The predicted octanol–water partition coefficient (Wildman–Crippen LogP) is 3.41. The van der Waals surface area contributed by atoms with Crippen molar-refractivity contribution in [3.05, 3.63) is 57.8 Å². The van der Waals surface area contributed by atoms with E-state index >= 15 is 0 Å². The van der Waals surface area contributed by atoms with E-state index in [1.54, 1.807) is 11.3 Å². The Balaban J connectivity index is 2.06. The van der Waals surface area contributed by atoms with Gasteiger partial charge in [-0.15, -0.1) is 11.3 Å². The average Bonchev–Trinajstić information content (AvgIpc) is 2.82. The lowest BCUT2D eigenvalue weighted by Crippen LogP contribution is -2.16. The van der Waals surface area contributed by atoms with Crippen LogP contribution in [0.25, 0.3) is 0 Å². The van der Waals surface area contributed by atoms with Gasteiger partial charge in [-0.25, -0.2) is 0 Å². The largest absolute Gasteiger partial charge is 0.368 e. The fourth-order valence-corrected chi connectivity index (χ4v) is 2.86. The lowest BCUT2D eigenvalue weighted by atomic mass is 9.97. The molecule has 2 aromatic rings. The molecule has 1 nitrogen and oxygen atoms in total. The summed E-state index contributed by atoms with van der Waals surface area (Å²) >= 11 is 1.77. The Morgan fingerprint density at radius 2 is 2.07 bits per heavy atom. The summed E-state index contributed by atoms with van der Waals surface area (Å²) in [7, 11) is 0. The molecule has 1 atom stereocenters. The predicted molar refractivity (Wildman–Crippen MR) is 62.3 cm³/mol. The molecule has 0 bridgehead atoms. The first-order valence-electron chi connectivity index (χ1n) is 5.18. The van der Waals surface area contributed by atoms with Gasteiger partial charge in [0.15, 0.2) is 0 Å². The average molecular weight is 216 g/mol. The van der Waals surface area contributed by atoms with Crippen LogP contribution < -0.4 is 0 Å². The molecule has 0 saturated heterocycles. The van der Waals surface area contributed by atoms with Gasteiger partial charge in [-0.05, 0) is 29.0 Å². The van der Waals surface area contributed by atoms with E-state index in [9.17, 15) is 0 Å². The number of benzene rings is 1. The lowest BCUT2D eigenvalue weighted by Gasteiger charge is -2.25. The van der Waals surface area contributed by atoms with E-state index in [-0.39, 0.29) is 6.10 Å². The van der Waals surface area contributed by atoms with E-state index in [1.807, 2.05) is 0 Å². The van der Waals surface area contributed by atoms with Gasteiger partial charge in [0.25, 0.3) is 0 Å². The number of rotatable bonds is 1. The van der Waals surface area contributed by atoms with Crippen LogP contribution >= 0.6 is 11.3 Å². The van der Waals surface area contributed by atoms with Crippen LogP contribution in [0.3, 0.4) is 0 Å². The van der Waals surface area contributed by atoms with Crippen LogP contribution in [0.5, 0.6) is 0 Å². The molecule has 2 heterocycles. The third-order valence-electron chi connectivity index (χ3n) is 2.80. The lowest BCUT2D eigenvalue weighted by molar-refractivity contribution is 0.0721. The third kappa shape index (κ3) is 1.60. The van der Waals surface area contributed by atoms with Gasteiger partial charge in [0.1, 0.15) is 6.10 Å². The highest BCUT2D eigenvalue weighted by atomic mass is 32.1. The molecule has 0 amide bonds. The van der Waals surface area contributed by atoms with Crippen LogP contribution in [0, 0.1) is 0 Å². The van der Waals surface area contributed by atoms with E-state index in [1.165, 1.54) is 16.0 Å². The maximum absolute atomic E-state index is 5.86. The molecule has 15 heavy (non-hydrogen) atoms. The van der Waals surface area contributed by atoms with Crippen LogP contribution in [-0.4, -0.2) is 6.61 Å². The molecule has 1 aromatic carbocycles. The van der Waals surface area contributed by atoms with Gasteiger partial charge < -0.3 is 4.74 Å². The van der Waals surface area contributed by atoms with Crippen molar-refractivity contribution in [2.75, 3.05) is 6.61 Å². The van der Waals surface area contributed by atoms with E-state index < -0.39 is 0 Å². The Kier molecular flexibility index (Phi) is 2.31. The molecular weight excluding hydrogens is 204 g/mol. The molecule has 0 N–H and O–H groups in total. The minimum absolute atomic E-state index is 0.162. The number of ether oxygens (including phenoxy) is 1. The summed E-state index contributed by atoms with van der Waals surface area (Å²) < 4.78 is 5.86. The van der Waals surface area contributed by atoms with Crippen molar-refractivity contribution >= 4 is 11.3 Å². The molecule has 1 aromatic heterocycles. The van der Waals surface area contributed by atoms with Crippen molar-refractivity contribution in [2.45, 2.75) is 12.5 Å². The van der Waals surface area contributed by atoms with Crippen molar-refractivity contribution in [3.8, 4) is 0 Å². The minimum Gasteiger partial charge on any atom is -0.368 e. The van der Waals surface area contributed by atoms with Gasteiger partial charge in [-0.1, -0.05) is 30.3 Å². The first-order chi connectivity index (χ1) is 7.45. The molecule has 1 aliphatic heterocycles. The van der Waals surface area contributed by atoms with Gasteiger partial charge in [0, 0.05) is 4.88 Å². The maximum Gasteiger partial charge on any atom is 0.117 e. The summed E-state index contributed by atoms with van der Waals surface area (Å²) in [5.74, 6) is 0. The summed E-state index contributed by atoms with van der Waals surface area (Å²) in [6.07, 6.45) is 1.20. The first kappa shape index (κ1) is 9.13. The zero-order valence-electron chi connectivity index (χ0n) is 8.35.